The van der Waals surface area contributed by atoms with Gasteiger partial charge in [0.05, 0.1) is 6.10 Å². The third-order valence-electron chi connectivity index (χ3n) is 8.43. The predicted molar refractivity (Wildman–Crippen MR) is 84.1 cm³/mol. The number of Topliss-reactive ketones (excluding diaryl/α,β-unsaturated/α-hetero) is 1. The fourth-order valence-electron chi connectivity index (χ4n) is 7.00. The van der Waals surface area contributed by atoms with Gasteiger partial charge < -0.3 is 10.2 Å². The van der Waals surface area contributed by atoms with Gasteiger partial charge >= 0.3 is 0 Å². The van der Waals surface area contributed by atoms with Crippen molar-refractivity contribution in [1.82, 2.24) is 0 Å². The first kappa shape index (κ1) is 15.1. The lowest BCUT2D eigenvalue weighted by molar-refractivity contribution is -0.138. The SMILES string of the molecule is C[C@]12CCC(O)CC1CC[C@@H]1[C@@H]2CC[C@]2(C)C(O)C(=O)C[C@@H]12. The molecule has 22 heavy (non-hydrogen) atoms. The highest BCUT2D eigenvalue weighted by Crippen LogP contribution is 2.65. The first-order valence-corrected chi connectivity index (χ1v) is 9.25. The molecule has 3 heteroatoms. The van der Waals surface area contributed by atoms with Gasteiger partial charge in [0, 0.05) is 11.8 Å². The summed E-state index contributed by atoms with van der Waals surface area (Å²) in [5, 5.41) is 20.4. The second kappa shape index (κ2) is 4.80. The third kappa shape index (κ3) is 1.84. The Labute approximate surface area is 133 Å². The van der Waals surface area contributed by atoms with Gasteiger partial charge in [-0.15, -0.1) is 0 Å². The maximum Gasteiger partial charge on any atom is 0.162 e. The molecule has 0 aromatic heterocycles. The van der Waals surface area contributed by atoms with Crippen LogP contribution >= 0.6 is 0 Å². The van der Waals surface area contributed by atoms with Crippen molar-refractivity contribution in [1.29, 1.82) is 0 Å². The summed E-state index contributed by atoms with van der Waals surface area (Å²) in [5.74, 6) is 2.42. The zero-order valence-corrected chi connectivity index (χ0v) is 13.9. The molecule has 8 atom stereocenters. The second-order valence-electron chi connectivity index (χ2n) is 9.20. The van der Waals surface area contributed by atoms with Crippen LogP contribution < -0.4 is 0 Å². The van der Waals surface area contributed by atoms with Crippen molar-refractivity contribution in [2.75, 3.05) is 0 Å². The fraction of sp³-hybridized carbons (Fsp3) is 0.947. The van der Waals surface area contributed by atoms with E-state index in [1.54, 1.807) is 0 Å². The molecule has 0 aliphatic heterocycles. The Bertz CT molecular complexity index is 489. The van der Waals surface area contributed by atoms with Crippen LogP contribution in [0.1, 0.15) is 65.2 Å². The molecule has 4 saturated carbocycles. The zero-order chi connectivity index (χ0) is 15.7. The lowest BCUT2D eigenvalue weighted by atomic mass is 9.45. The van der Waals surface area contributed by atoms with Crippen LogP contribution in [0.15, 0.2) is 0 Å². The Morgan fingerprint density at radius 1 is 0.955 bits per heavy atom. The van der Waals surface area contributed by atoms with Crippen LogP contribution in [0.5, 0.6) is 0 Å². The second-order valence-corrected chi connectivity index (χ2v) is 9.20. The molecule has 0 amide bonds. The zero-order valence-electron chi connectivity index (χ0n) is 13.9. The fourth-order valence-corrected chi connectivity index (χ4v) is 7.00. The molecule has 0 radical (unpaired) electrons. The van der Waals surface area contributed by atoms with Gasteiger partial charge in [0.15, 0.2) is 5.78 Å². The Hall–Kier alpha value is -0.410. The van der Waals surface area contributed by atoms with Crippen LogP contribution in [0, 0.1) is 34.5 Å². The minimum absolute atomic E-state index is 0.0829. The largest absolute Gasteiger partial charge is 0.393 e. The van der Waals surface area contributed by atoms with Crippen molar-refractivity contribution in [3.05, 3.63) is 0 Å². The Morgan fingerprint density at radius 3 is 2.45 bits per heavy atom. The molecule has 0 bridgehead atoms. The van der Waals surface area contributed by atoms with Crippen molar-refractivity contribution < 1.29 is 15.0 Å². The van der Waals surface area contributed by atoms with Crippen molar-refractivity contribution in [3.63, 3.8) is 0 Å². The summed E-state index contributed by atoms with van der Waals surface area (Å²) < 4.78 is 0. The molecular weight excluding hydrogens is 276 g/mol. The minimum Gasteiger partial charge on any atom is -0.393 e. The van der Waals surface area contributed by atoms with Gasteiger partial charge in [-0.3, -0.25) is 4.79 Å². The first-order chi connectivity index (χ1) is 10.4. The van der Waals surface area contributed by atoms with E-state index in [-0.39, 0.29) is 17.3 Å². The Balaban J connectivity index is 1.64. The lowest BCUT2D eigenvalue weighted by Crippen LogP contribution is -2.54. The van der Waals surface area contributed by atoms with Crippen LogP contribution in [0.4, 0.5) is 0 Å². The number of carbonyl (C=O) groups excluding carboxylic acids is 1. The number of hydrogen-bond donors (Lipinski definition) is 2. The molecule has 4 rings (SSSR count). The van der Waals surface area contributed by atoms with E-state index in [1.807, 2.05) is 0 Å². The van der Waals surface area contributed by atoms with E-state index in [1.165, 1.54) is 12.8 Å². The van der Waals surface area contributed by atoms with Gasteiger partial charge in [-0.05, 0) is 74.0 Å². The van der Waals surface area contributed by atoms with Crippen molar-refractivity contribution in [2.24, 2.45) is 34.5 Å². The predicted octanol–water partition coefficient (Wildman–Crippen LogP) is 2.93. The van der Waals surface area contributed by atoms with Crippen molar-refractivity contribution >= 4 is 5.78 Å². The summed E-state index contributed by atoms with van der Waals surface area (Å²) in [6.07, 6.45) is 7.38. The molecular formula is C19H30O3. The quantitative estimate of drug-likeness (QED) is 0.723. The highest BCUT2D eigenvalue weighted by molar-refractivity contribution is 5.86. The molecule has 2 N–H and O–H groups in total. The van der Waals surface area contributed by atoms with Gasteiger partial charge in [0.2, 0.25) is 0 Å². The molecule has 3 unspecified atom stereocenters. The van der Waals surface area contributed by atoms with E-state index in [9.17, 15) is 15.0 Å². The van der Waals surface area contributed by atoms with Gasteiger partial charge in [-0.1, -0.05) is 13.8 Å². The summed E-state index contributed by atoms with van der Waals surface area (Å²) in [4.78, 5) is 12.1. The first-order valence-electron chi connectivity index (χ1n) is 9.25. The van der Waals surface area contributed by atoms with Gasteiger partial charge in [-0.2, -0.15) is 0 Å². The van der Waals surface area contributed by atoms with Crippen molar-refractivity contribution in [3.8, 4) is 0 Å². The molecule has 4 fully saturated rings. The highest BCUT2D eigenvalue weighted by Gasteiger charge is 2.62. The molecule has 0 saturated heterocycles. The minimum atomic E-state index is -0.725. The third-order valence-corrected chi connectivity index (χ3v) is 8.43. The lowest BCUT2D eigenvalue weighted by Gasteiger charge is -2.60. The molecule has 0 spiro atoms. The molecule has 3 nitrogen and oxygen atoms in total. The van der Waals surface area contributed by atoms with E-state index in [0.717, 1.165) is 32.1 Å². The van der Waals surface area contributed by atoms with E-state index >= 15 is 0 Å². The van der Waals surface area contributed by atoms with Crippen LogP contribution in [0.2, 0.25) is 0 Å². The number of rotatable bonds is 0. The molecule has 4 aliphatic carbocycles. The summed E-state index contributed by atoms with van der Waals surface area (Å²) in [5.41, 5.74) is 0.176. The Morgan fingerprint density at radius 2 is 1.68 bits per heavy atom. The standard InChI is InChI=1S/C19H30O3/c1-18-7-5-12(20)9-11(18)3-4-13-14(18)6-8-19(2)15(13)10-16(21)17(19)22/h11-15,17,20,22H,3-10H2,1-2H3/t11?,12?,13-,14+,15+,17?,18+,19+/m1/s1. The summed E-state index contributed by atoms with van der Waals surface area (Å²) >= 11 is 0. The number of aliphatic hydroxyl groups is 2. The molecule has 124 valence electrons. The average molecular weight is 306 g/mol. The van der Waals surface area contributed by atoms with Crippen LogP contribution in [-0.2, 0) is 4.79 Å². The van der Waals surface area contributed by atoms with E-state index in [4.69, 9.17) is 0 Å². The topological polar surface area (TPSA) is 57.5 Å². The Kier molecular flexibility index (Phi) is 3.30. The maximum absolute atomic E-state index is 12.1. The number of aliphatic hydroxyl groups excluding tert-OH is 2. The maximum atomic E-state index is 12.1. The molecule has 0 aromatic carbocycles. The molecule has 0 aromatic rings. The van der Waals surface area contributed by atoms with Gasteiger partial charge in [-0.25, -0.2) is 0 Å². The number of carbonyl (C=O) groups is 1. The van der Waals surface area contributed by atoms with E-state index in [2.05, 4.69) is 13.8 Å². The van der Waals surface area contributed by atoms with E-state index < -0.39 is 6.10 Å². The van der Waals surface area contributed by atoms with E-state index in [0.29, 0.717) is 35.5 Å². The van der Waals surface area contributed by atoms with Crippen LogP contribution in [0.25, 0.3) is 0 Å². The number of hydrogen-bond acceptors (Lipinski definition) is 3. The van der Waals surface area contributed by atoms with Crippen LogP contribution in [-0.4, -0.2) is 28.2 Å². The van der Waals surface area contributed by atoms with Crippen LogP contribution in [0.3, 0.4) is 0 Å². The summed E-state index contributed by atoms with van der Waals surface area (Å²) in [6.45, 7) is 4.61. The summed E-state index contributed by atoms with van der Waals surface area (Å²) in [6, 6.07) is 0. The average Bonchev–Trinajstić information content (AvgIpc) is 2.72. The highest BCUT2D eigenvalue weighted by atomic mass is 16.3. The monoisotopic (exact) mass is 306 g/mol. The normalized spacial score (nSPS) is 57.9. The summed E-state index contributed by atoms with van der Waals surface area (Å²) in [7, 11) is 0. The molecule has 0 heterocycles. The number of fused-ring (bicyclic) bond motifs is 5. The van der Waals surface area contributed by atoms with Gasteiger partial charge in [0.25, 0.3) is 0 Å². The number of ketones is 1. The van der Waals surface area contributed by atoms with Gasteiger partial charge in [0.1, 0.15) is 6.10 Å². The smallest absolute Gasteiger partial charge is 0.162 e. The van der Waals surface area contributed by atoms with Crippen molar-refractivity contribution in [2.45, 2.75) is 77.4 Å². The molecule has 4 aliphatic rings.